The van der Waals surface area contributed by atoms with Gasteiger partial charge in [0.2, 0.25) is 0 Å². The van der Waals surface area contributed by atoms with E-state index in [0.717, 1.165) is 33.1 Å². The van der Waals surface area contributed by atoms with E-state index in [-0.39, 0.29) is 12.4 Å². The minimum Gasteiger partial charge on any atom is -0.507 e. The van der Waals surface area contributed by atoms with Crippen molar-refractivity contribution >= 4 is 27.5 Å². The van der Waals surface area contributed by atoms with E-state index in [0.29, 0.717) is 23.6 Å². The number of hydrogen-bond acceptors (Lipinski definition) is 5. The third-order valence-electron chi connectivity index (χ3n) is 5.37. The number of aromatic nitrogens is 5. The maximum absolute atomic E-state index is 10.5. The first-order chi connectivity index (χ1) is 13.6. The molecular weight excluding hydrogens is 354 g/mol. The number of benzene rings is 2. The first-order valence-electron chi connectivity index (χ1n) is 9.12. The Bertz CT molecular complexity index is 1370. The molecule has 0 spiro atoms. The summed E-state index contributed by atoms with van der Waals surface area (Å²) in [6, 6.07) is 11.5. The summed E-state index contributed by atoms with van der Waals surface area (Å²) in [4.78, 5) is 9.27. The summed E-state index contributed by atoms with van der Waals surface area (Å²) in [6.07, 6.45) is 1.62. The summed E-state index contributed by atoms with van der Waals surface area (Å²) >= 11 is 0. The molecule has 0 unspecified atom stereocenters. The Balaban J connectivity index is 1.78. The molecule has 0 radical (unpaired) electrons. The van der Waals surface area contributed by atoms with Gasteiger partial charge < -0.3 is 14.8 Å². The van der Waals surface area contributed by atoms with Gasteiger partial charge in [-0.3, -0.25) is 0 Å². The largest absolute Gasteiger partial charge is 0.507 e. The van der Waals surface area contributed by atoms with Crippen molar-refractivity contribution in [2.24, 2.45) is 0 Å². The molecule has 2 aromatic carbocycles. The zero-order valence-corrected chi connectivity index (χ0v) is 15.6. The van der Waals surface area contributed by atoms with Gasteiger partial charge in [0.05, 0.1) is 17.6 Å². The zero-order chi connectivity index (χ0) is 19.4. The fraction of sp³-hybridized carbons (Fsp3) is 0.190. The molecule has 140 valence electrons. The predicted octanol–water partition coefficient (Wildman–Crippen LogP) is 3.21. The Labute approximate surface area is 160 Å². The molecule has 28 heavy (non-hydrogen) atoms. The highest BCUT2D eigenvalue weighted by atomic mass is 16.3. The Morgan fingerprint density at radius 3 is 2.54 bits per heavy atom. The van der Waals surface area contributed by atoms with Crippen LogP contribution in [0, 0.1) is 13.8 Å². The van der Waals surface area contributed by atoms with Crippen LogP contribution in [0.4, 0.5) is 0 Å². The molecule has 5 rings (SSSR count). The minimum absolute atomic E-state index is 0.0415. The molecule has 0 saturated heterocycles. The third kappa shape index (κ3) is 2.30. The predicted molar refractivity (Wildman–Crippen MR) is 107 cm³/mol. The SMILES string of the molecule is Cc1c(C)n(CCO)c2ncn3nc(-c4cc5ccccc5cc4O)nc3c12. The van der Waals surface area contributed by atoms with Crippen LogP contribution in [-0.2, 0) is 6.54 Å². The van der Waals surface area contributed by atoms with Crippen molar-refractivity contribution in [1.82, 2.24) is 24.1 Å². The monoisotopic (exact) mass is 373 g/mol. The van der Waals surface area contributed by atoms with Crippen molar-refractivity contribution in [2.45, 2.75) is 20.4 Å². The van der Waals surface area contributed by atoms with Crippen LogP contribution in [-0.4, -0.2) is 41.0 Å². The second-order valence-corrected chi connectivity index (χ2v) is 6.95. The van der Waals surface area contributed by atoms with E-state index >= 15 is 0 Å². The smallest absolute Gasteiger partial charge is 0.185 e. The lowest BCUT2D eigenvalue weighted by Gasteiger charge is -2.04. The molecule has 0 aliphatic rings. The summed E-state index contributed by atoms with van der Waals surface area (Å²) in [6.45, 7) is 4.55. The van der Waals surface area contributed by atoms with E-state index in [1.165, 1.54) is 0 Å². The highest BCUT2D eigenvalue weighted by Gasteiger charge is 2.19. The van der Waals surface area contributed by atoms with E-state index in [2.05, 4.69) is 10.1 Å². The average Bonchev–Trinajstić information content (AvgIpc) is 3.22. The summed E-state index contributed by atoms with van der Waals surface area (Å²) in [5, 5.41) is 27.4. The number of rotatable bonds is 3. The lowest BCUT2D eigenvalue weighted by Crippen LogP contribution is -2.05. The van der Waals surface area contributed by atoms with Crippen LogP contribution in [0.3, 0.4) is 0 Å². The van der Waals surface area contributed by atoms with Crippen molar-refractivity contribution < 1.29 is 10.2 Å². The molecule has 2 N–H and O–H groups in total. The summed E-state index contributed by atoms with van der Waals surface area (Å²) in [7, 11) is 0. The summed E-state index contributed by atoms with van der Waals surface area (Å²) < 4.78 is 3.63. The fourth-order valence-corrected chi connectivity index (χ4v) is 3.83. The van der Waals surface area contributed by atoms with Crippen molar-refractivity contribution in [3.05, 3.63) is 54.0 Å². The topological polar surface area (TPSA) is 88.5 Å². The van der Waals surface area contributed by atoms with Crippen LogP contribution in [0.25, 0.3) is 38.8 Å². The molecule has 0 saturated carbocycles. The maximum atomic E-state index is 10.5. The van der Waals surface area contributed by atoms with Crippen LogP contribution in [0.2, 0.25) is 0 Å². The van der Waals surface area contributed by atoms with Crippen LogP contribution in [0.15, 0.2) is 42.7 Å². The fourth-order valence-electron chi connectivity index (χ4n) is 3.83. The number of aryl methyl sites for hydroxylation is 1. The molecule has 0 amide bonds. The van der Waals surface area contributed by atoms with Gasteiger partial charge in [0.25, 0.3) is 0 Å². The first-order valence-corrected chi connectivity index (χ1v) is 9.12. The number of hydrogen-bond donors (Lipinski definition) is 2. The van der Waals surface area contributed by atoms with Crippen molar-refractivity contribution in [2.75, 3.05) is 6.61 Å². The maximum Gasteiger partial charge on any atom is 0.185 e. The van der Waals surface area contributed by atoms with E-state index in [9.17, 15) is 10.2 Å². The van der Waals surface area contributed by atoms with E-state index in [1.807, 2.05) is 48.7 Å². The van der Waals surface area contributed by atoms with E-state index < -0.39 is 0 Å². The number of nitrogens with zero attached hydrogens (tertiary/aromatic N) is 5. The molecule has 7 heteroatoms. The van der Waals surface area contributed by atoms with Crippen LogP contribution >= 0.6 is 0 Å². The average molecular weight is 373 g/mol. The van der Waals surface area contributed by atoms with Crippen molar-refractivity contribution in [3.8, 4) is 17.1 Å². The summed E-state index contributed by atoms with van der Waals surface area (Å²) in [5.74, 6) is 0.592. The lowest BCUT2D eigenvalue weighted by atomic mass is 10.1. The number of phenols is 1. The van der Waals surface area contributed by atoms with Gasteiger partial charge in [0.1, 0.15) is 17.7 Å². The number of aromatic hydroxyl groups is 1. The molecular formula is C21H19N5O2. The van der Waals surface area contributed by atoms with Crippen LogP contribution in [0.1, 0.15) is 11.3 Å². The Morgan fingerprint density at radius 1 is 1.04 bits per heavy atom. The molecule has 0 fully saturated rings. The Morgan fingerprint density at radius 2 is 1.79 bits per heavy atom. The lowest BCUT2D eigenvalue weighted by molar-refractivity contribution is 0.276. The van der Waals surface area contributed by atoms with Gasteiger partial charge in [-0.1, -0.05) is 24.3 Å². The number of phenolic OH excluding ortho intramolecular Hbond substituents is 1. The summed E-state index contributed by atoms with van der Waals surface area (Å²) in [5.41, 5.74) is 4.15. The van der Waals surface area contributed by atoms with Gasteiger partial charge in [-0.15, -0.1) is 5.10 Å². The highest BCUT2D eigenvalue weighted by molar-refractivity contribution is 5.95. The second-order valence-electron chi connectivity index (χ2n) is 6.95. The number of aliphatic hydroxyl groups is 1. The molecule has 0 aliphatic heterocycles. The molecule has 0 atom stereocenters. The Kier molecular flexibility index (Phi) is 3.60. The standard InChI is InChI=1S/C21H19N5O2/c1-12-13(2)25(7-8-27)20-18(12)21-23-19(24-26(21)11-22-20)16-9-14-5-3-4-6-15(14)10-17(16)28/h3-6,9-11,27-28H,7-8H2,1-2H3. The second kappa shape index (κ2) is 6.03. The molecule has 7 nitrogen and oxygen atoms in total. The quantitative estimate of drug-likeness (QED) is 0.507. The Hall–Kier alpha value is -3.45. The molecule has 0 aliphatic carbocycles. The van der Waals surface area contributed by atoms with Gasteiger partial charge in [0, 0.05) is 12.2 Å². The number of fused-ring (bicyclic) bond motifs is 4. The van der Waals surface area contributed by atoms with E-state index in [4.69, 9.17) is 4.98 Å². The van der Waals surface area contributed by atoms with Gasteiger partial charge >= 0.3 is 0 Å². The third-order valence-corrected chi connectivity index (χ3v) is 5.37. The first kappa shape index (κ1) is 16.7. The van der Waals surface area contributed by atoms with Gasteiger partial charge in [-0.05, 0) is 42.3 Å². The normalized spacial score (nSPS) is 11.8. The molecule has 0 bridgehead atoms. The molecule has 5 aromatic rings. The molecule has 3 aromatic heterocycles. The molecule has 3 heterocycles. The van der Waals surface area contributed by atoms with Gasteiger partial charge in [0.15, 0.2) is 11.5 Å². The van der Waals surface area contributed by atoms with Crippen molar-refractivity contribution in [3.63, 3.8) is 0 Å². The highest BCUT2D eigenvalue weighted by Crippen LogP contribution is 2.33. The van der Waals surface area contributed by atoms with Crippen LogP contribution < -0.4 is 0 Å². The minimum atomic E-state index is 0.0415. The van der Waals surface area contributed by atoms with Gasteiger partial charge in [-0.2, -0.15) is 0 Å². The van der Waals surface area contributed by atoms with Crippen molar-refractivity contribution in [1.29, 1.82) is 0 Å². The van der Waals surface area contributed by atoms with Crippen LogP contribution in [0.5, 0.6) is 5.75 Å². The van der Waals surface area contributed by atoms with E-state index in [1.54, 1.807) is 16.9 Å². The zero-order valence-electron chi connectivity index (χ0n) is 15.6. The number of aliphatic hydroxyl groups excluding tert-OH is 1. The van der Waals surface area contributed by atoms with Gasteiger partial charge in [-0.25, -0.2) is 14.5 Å².